The van der Waals surface area contributed by atoms with Crippen LogP contribution in [0.25, 0.3) is 0 Å². The normalized spacial score (nSPS) is 10.1. The van der Waals surface area contributed by atoms with Crippen molar-refractivity contribution in [1.82, 2.24) is 0 Å². The maximum Gasteiger partial charge on any atom is 0.202 e. The summed E-state index contributed by atoms with van der Waals surface area (Å²) < 4.78 is 7.01. The number of hydrogen-bond acceptors (Lipinski definition) is 4. The topological polar surface area (TPSA) is 50.1 Å². The van der Waals surface area contributed by atoms with E-state index in [9.17, 15) is 4.79 Å². The number of ketones is 1. The first-order valence-electron chi connectivity index (χ1n) is 5.31. The molecule has 1 aromatic heterocycles. The van der Waals surface area contributed by atoms with E-state index in [1.54, 1.807) is 18.2 Å². The molecule has 0 bridgehead atoms. The van der Waals surface area contributed by atoms with Crippen molar-refractivity contribution in [2.75, 3.05) is 6.61 Å². The maximum atomic E-state index is 12.0. The first-order chi connectivity index (χ1) is 9.51. The van der Waals surface area contributed by atoms with Gasteiger partial charge in [-0.1, -0.05) is 11.6 Å². The van der Waals surface area contributed by atoms with Gasteiger partial charge in [0.05, 0.1) is 24.2 Å². The molecule has 2 rings (SSSR count). The van der Waals surface area contributed by atoms with Crippen molar-refractivity contribution in [2.45, 2.75) is 0 Å². The molecule has 0 saturated heterocycles. The van der Waals surface area contributed by atoms with Crippen molar-refractivity contribution in [3.8, 4) is 11.8 Å². The molecule has 0 aliphatic heterocycles. The largest absolute Gasteiger partial charge is 0.484 e. The summed E-state index contributed by atoms with van der Waals surface area (Å²) in [5.41, 5.74) is 1.00. The van der Waals surface area contributed by atoms with Crippen LogP contribution in [0.4, 0.5) is 0 Å². The second-order valence-electron chi connectivity index (χ2n) is 3.71. The van der Waals surface area contributed by atoms with E-state index >= 15 is 0 Å². The molecule has 0 aliphatic carbocycles. The monoisotopic (exact) mass is 433 g/mol. The quantitative estimate of drug-likeness (QED) is 0.631. The Bertz CT molecular complexity index is 709. The lowest BCUT2D eigenvalue weighted by Gasteiger charge is -2.07. The van der Waals surface area contributed by atoms with E-state index < -0.39 is 0 Å². The fraction of sp³-hybridized carbons (Fsp3) is 0.0769. The molecule has 2 aromatic rings. The van der Waals surface area contributed by atoms with Gasteiger partial charge in [0.15, 0.2) is 6.61 Å². The Balaban J connectivity index is 2.08. The second kappa shape index (κ2) is 6.72. The van der Waals surface area contributed by atoms with Crippen LogP contribution in [-0.4, -0.2) is 12.4 Å². The van der Waals surface area contributed by atoms with Gasteiger partial charge in [0.2, 0.25) is 5.78 Å². The van der Waals surface area contributed by atoms with Crippen LogP contribution in [0.15, 0.2) is 31.8 Å². The lowest BCUT2D eigenvalue weighted by Crippen LogP contribution is -2.11. The minimum Gasteiger partial charge on any atom is -0.484 e. The van der Waals surface area contributed by atoms with Crippen molar-refractivity contribution in [3.05, 3.63) is 48.0 Å². The lowest BCUT2D eigenvalue weighted by molar-refractivity contribution is 0.0921. The highest BCUT2D eigenvalue weighted by atomic mass is 79.9. The number of Topliss-reactive ketones (excluding diaryl/α,β-unsaturated/α-hetero) is 1. The Labute approximate surface area is 141 Å². The molecule has 102 valence electrons. The molecule has 0 spiro atoms. The molecule has 3 nitrogen and oxygen atoms in total. The Hall–Kier alpha value is -0.870. The highest BCUT2D eigenvalue weighted by Gasteiger charge is 2.15. The maximum absolute atomic E-state index is 12.0. The third kappa shape index (κ3) is 3.61. The third-order valence-corrected chi connectivity index (χ3v) is 5.01. The van der Waals surface area contributed by atoms with Crippen molar-refractivity contribution >= 4 is 60.6 Å². The molecule has 0 unspecified atom stereocenters. The standard InChI is InChI=1S/C13H6Br2ClNO2S/c14-12-4-8(13(15)20-12)10(18)6-19-11-2-1-7(5-17)3-9(11)16/h1-4H,6H2. The number of nitrogens with zero attached hydrogens (tertiary/aromatic N) is 1. The molecule has 7 heteroatoms. The van der Waals surface area contributed by atoms with Gasteiger partial charge in [-0.2, -0.15) is 5.26 Å². The van der Waals surface area contributed by atoms with Crippen LogP contribution in [0.1, 0.15) is 15.9 Å². The Morgan fingerprint density at radius 1 is 1.40 bits per heavy atom. The van der Waals surface area contributed by atoms with Gasteiger partial charge in [0.1, 0.15) is 5.75 Å². The Morgan fingerprint density at radius 3 is 2.70 bits per heavy atom. The molecule has 0 radical (unpaired) electrons. The molecule has 1 aromatic carbocycles. The van der Waals surface area contributed by atoms with Crippen LogP contribution in [0, 0.1) is 11.3 Å². The van der Waals surface area contributed by atoms with E-state index in [-0.39, 0.29) is 12.4 Å². The third-order valence-electron chi connectivity index (χ3n) is 2.38. The summed E-state index contributed by atoms with van der Waals surface area (Å²) in [6, 6.07) is 8.38. The zero-order valence-corrected chi connectivity index (χ0v) is 14.6. The molecular formula is C13H6Br2ClNO2S. The van der Waals surface area contributed by atoms with E-state index in [0.717, 1.165) is 7.57 Å². The van der Waals surface area contributed by atoms with E-state index in [1.165, 1.54) is 17.4 Å². The molecule has 0 saturated carbocycles. The van der Waals surface area contributed by atoms with Gasteiger partial charge in [0.25, 0.3) is 0 Å². The van der Waals surface area contributed by atoms with Gasteiger partial charge in [-0.25, -0.2) is 0 Å². The summed E-state index contributed by atoms with van der Waals surface area (Å²) in [5, 5.41) is 9.05. The molecular weight excluding hydrogens is 429 g/mol. The van der Waals surface area contributed by atoms with Crippen LogP contribution in [0.5, 0.6) is 5.75 Å². The van der Waals surface area contributed by atoms with Gasteiger partial charge >= 0.3 is 0 Å². The molecule has 0 atom stereocenters. The molecule has 0 aliphatic rings. The summed E-state index contributed by atoms with van der Waals surface area (Å²) >= 11 is 14.0. The molecule has 0 fully saturated rings. The van der Waals surface area contributed by atoms with Crippen molar-refractivity contribution < 1.29 is 9.53 Å². The van der Waals surface area contributed by atoms with Gasteiger partial charge < -0.3 is 4.74 Å². The van der Waals surface area contributed by atoms with Crippen LogP contribution in [-0.2, 0) is 0 Å². The van der Waals surface area contributed by atoms with Crippen LogP contribution >= 0.6 is 54.8 Å². The van der Waals surface area contributed by atoms with E-state index in [4.69, 9.17) is 21.6 Å². The summed E-state index contributed by atoms with van der Waals surface area (Å²) in [6.45, 7) is -0.118. The average molecular weight is 436 g/mol. The first kappa shape index (κ1) is 15.5. The van der Waals surface area contributed by atoms with Gasteiger partial charge in [0, 0.05) is 5.56 Å². The first-order valence-corrected chi connectivity index (χ1v) is 8.10. The summed E-state index contributed by atoms with van der Waals surface area (Å²) in [7, 11) is 0. The van der Waals surface area contributed by atoms with Crippen molar-refractivity contribution in [2.24, 2.45) is 0 Å². The van der Waals surface area contributed by atoms with Crippen LogP contribution in [0.3, 0.4) is 0 Å². The smallest absolute Gasteiger partial charge is 0.202 e. The molecule has 0 amide bonds. The fourth-order valence-electron chi connectivity index (χ4n) is 1.44. The van der Waals surface area contributed by atoms with Crippen LogP contribution < -0.4 is 4.74 Å². The fourth-order valence-corrected chi connectivity index (χ4v) is 4.53. The predicted molar refractivity (Wildman–Crippen MR) is 85.7 cm³/mol. The summed E-state index contributed by atoms with van der Waals surface area (Å²) in [6.07, 6.45) is 0. The van der Waals surface area contributed by atoms with Gasteiger partial charge in [-0.05, 0) is 56.1 Å². The predicted octanol–water partition coefficient (Wildman–Crippen LogP) is 5.06. The van der Waals surface area contributed by atoms with E-state index in [1.807, 2.05) is 6.07 Å². The molecule has 20 heavy (non-hydrogen) atoms. The number of halogens is 3. The van der Waals surface area contributed by atoms with E-state index in [0.29, 0.717) is 21.9 Å². The zero-order chi connectivity index (χ0) is 14.7. The summed E-state index contributed by atoms with van der Waals surface area (Å²) in [4.78, 5) is 12.0. The average Bonchev–Trinajstić information content (AvgIpc) is 2.76. The lowest BCUT2D eigenvalue weighted by atomic mass is 10.2. The second-order valence-corrected chi connectivity index (χ2v) is 7.86. The van der Waals surface area contributed by atoms with Crippen molar-refractivity contribution in [1.29, 1.82) is 5.26 Å². The number of hydrogen-bond donors (Lipinski definition) is 0. The van der Waals surface area contributed by atoms with Gasteiger partial charge in [-0.3, -0.25) is 4.79 Å². The highest BCUT2D eigenvalue weighted by Crippen LogP contribution is 2.32. The molecule has 1 heterocycles. The van der Waals surface area contributed by atoms with Crippen molar-refractivity contribution in [3.63, 3.8) is 0 Å². The zero-order valence-electron chi connectivity index (χ0n) is 9.82. The number of rotatable bonds is 4. The minimum atomic E-state index is -0.153. The summed E-state index contributed by atoms with van der Waals surface area (Å²) in [5.74, 6) is 0.226. The van der Waals surface area contributed by atoms with Crippen LogP contribution in [0.2, 0.25) is 5.02 Å². The number of ether oxygens (including phenoxy) is 1. The number of nitriles is 1. The number of thiophene rings is 1. The number of carbonyl (C=O) groups is 1. The number of carbonyl (C=O) groups excluding carboxylic acids is 1. The highest BCUT2D eigenvalue weighted by molar-refractivity contribution is 9.12. The SMILES string of the molecule is N#Cc1ccc(OCC(=O)c2cc(Br)sc2Br)c(Cl)c1. The Kier molecular flexibility index (Phi) is 5.22. The Morgan fingerprint density at radius 2 is 2.15 bits per heavy atom. The molecule has 0 N–H and O–H groups in total. The number of benzene rings is 1. The van der Waals surface area contributed by atoms with Gasteiger partial charge in [-0.15, -0.1) is 11.3 Å². The minimum absolute atomic E-state index is 0.118. The van der Waals surface area contributed by atoms with E-state index in [2.05, 4.69) is 31.9 Å².